The second-order valence-electron chi connectivity index (χ2n) is 7.43. The number of alkyl halides is 3. The van der Waals surface area contributed by atoms with E-state index in [0.29, 0.717) is 30.2 Å². The molecule has 0 bridgehead atoms. The fourth-order valence-corrected chi connectivity index (χ4v) is 4.61. The number of hydrogen-bond donors (Lipinski definition) is 1. The van der Waals surface area contributed by atoms with Crippen molar-refractivity contribution in [3.63, 3.8) is 0 Å². The zero-order valence-electron chi connectivity index (χ0n) is 17.2. The van der Waals surface area contributed by atoms with Gasteiger partial charge in [-0.1, -0.05) is 23.8 Å². The molecule has 7 nitrogen and oxygen atoms in total. The number of carbonyl (C=O) groups excluding carboxylic acids is 2. The van der Waals surface area contributed by atoms with Crippen LogP contribution < -0.4 is 5.32 Å². The first kappa shape index (κ1) is 23.6. The molecule has 1 heterocycles. The molecule has 1 aliphatic heterocycles. The van der Waals surface area contributed by atoms with Crippen LogP contribution in [-0.4, -0.2) is 49.2 Å². The molecule has 2 aromatic rings. The summed E-state index contributed by atoms with van der Waals surface area (Å²) in [6.07, 6.45) is -3.19. The molecular weight excluding hydrogens is 447 g/mol. The Morgan fingerprint density at radius 2 is 1.69 bits per heavy atom. The summed E-state index contributed by atoms with van der Waals surface area (Å²) < 4.78 is 65.5. The number of nitrogens with one attached hydrogen (secondary N) is 1. The Labute approximate surface area is 183 Å². The first-order valence-electron chi connectivity index (χ1n) is 9.84. The summed E-state index contributed by atoms with van der Waals surface area (Å²) in [5, 5.41) is 2.25. The van der Waals surface area contributed by atoms with Gasteiger partial charge in [-0.05, 0) is 50.1 Å². The zero-order valence-corrected chi connectivity index (χ0v) is 18.0. The molecule has 2 aromatic carbocycles. The molecule has 1 aliphatic rings. The van der Waals surface area contributed by atoms with Crippen LogP contribution in [-0.2, 0) is 21.0 Å². The molecular formula is C21H22F3N3O4S. The number of amides is 3. The minimum Gasteiger partial charge on any atom is -0.324 e. The largest absolute Gasteiger partial charge is 0.416 e. The van der Waals surface area contributed by atoms with Crippen molar-refractivity contribution in [2.75, 3.05) is 25.0 Å². The Bertz CT molecular complexity index is 1100. The number of urea groups is 1. The summed E-state index contributed by atoms with van der Waals surface area (Å²) in [4.78, 5) is 26.7. The lowest BCUT2D eigenvalue weighted by Crippen LogP contribution is -2.48. The van der Waals surface area contributed by atoms with E-state index in [1.807, 2.05) is 0 Å². The van der Waals surface area contributed by atoms with Gasteiger partial charge in [-0.15, -0.1) is 0 Å². The predicted octanol–water partition coefficient (Wildman–Crippen LogP) is 3.86. The number of sulfonamides is 1. The number of nitrogens with zero attached hydrogens (tertiary/aromatic N) is 2. The van der Waals surface area contributed by atoms with Crippen LogP contribution in [0.15, 0.2) is 53.4 Å². The van der Waals surface area contributed by atoms with E-state index in [-0.39, 0.29) is 10.6 Å². The lowest BCUT2D eigenvalue weighted by Gasteiger charge is -2.27. The number of carbonyl (C=O) groups is 2. The van der Waals surface area contributed by atoms with Crippen molar-refractivity contribution in [2.24, 2.45) is 0 Å². The minimum atomic E-state index is -4.60. The topological polar surface area (TPSA) is 86.8 Å². The van der Waals surface area contributed by atoms with Crippen molar-refractivity contribution in [1.29, 1.82) is 0 Å². The molecule has 1 N–H and O–H groups in total. The molecule has 0 atom stereocenters. The van der Waals surface area contributed by atoms with Crippen LogP contribution in [0.3, 0.4) is 0 Å². The van der Waals surface area contributed by atoms with Gasteiger partial charge in [0, 0.05) is 18.8 Å². The van der Waals surface area contributed by atoms with Crippen LogP contribution in [0.2, 0.25) is 0 Å². The fraction of sp³-hybridized carbons (Fsp3) is 0.333. The van der Waals surface area contributed by atoms with Crippen LogP contribution >= 0.6 is 0 Å². The van der Waals surface area contributed by atoms with E-state index in [2.05, 4.69) is 5.32 Å². The number of hydrogen-bond acceptors (Lipinski definition) is 4. The van der Waals surface area contributed by atoms with Crippen LogP contribution in [0.4, 0.5) is 23.7 Å². The first-order valence-corrected chi connectivity index (χ1v) is 11.3. The Kier molecular flexibility index (Phi) is 6.77. The Morgan fingerprint density at radius 1 is 1.06 bits per heavy atom. The van der Waals surface area contributed by atoms with Crippen molar-refractivity contribution in [2.45, 2.75) is 30.8 Å². The molecule has 0 radical (unpaired) electrons. The van der Waals surface area contributed by atoms with E-state index in [1.54, 1.807) is 19.1 Å². The molecule has 172 valence electrons. The van der Waals surface area contributed by atoms with Crippen LogP contribution in [0, 0.1) is 6.92 Å². The van der Waals surface area contributed by atoms with E-state index in [0.717, 1.165) is 23.8 Å². The highest BCUT2D eigenvalue weighted by molar-refractivity contribution is 7.89. The van der Waals surface area contributed by atoms with Gasteiger partial charge in [0.1, 0.15) is 6.54 Å². The summed E-state index contributed by atoms with van der Waals surface area (Å²) in [7, 11) is -4.37. The van der Waals surface area contributed by atoms with E-state index in [4.69, 9.17) is 0 Å². The summed E-state index contributed by atoms with van der Waals surface area (Å²) in [6.45, 7) is 1.61. The number of aryl methyl sites for hydroxylation is 1. The molecule has 0 unspecified atom stereocenters. The zero-order chi connectivity index (χ0) is 23.5. The maximum Gasteiger partial charge on any atom is 0.416 e. The van der Waals surface area contributed by atoms with Crippen LogP contribution in [0.25, 0.3) is 0 Å². The molecule has 0 aliphatic carbocycles. The third-order valence-corrected chi connectivity index (χ3v) is 6.69. The maximum absolute atomic E-state index is 13.2. The lowest BCUT2D eigenvalue weighted by molar-refractivity contribution is -0.137. The van der Waals surface area contributed by atoms with Crippen LogP contribution in [0.1, 0.15) is 24.0 Å². The Hall–Kier alpha value is -3.08. The summed E-state index contributed by atoms with van der Waals surface area (Å²) >= 11 is 0. The van der Waals surface area contributed by atoms with Crippen molar-refractivity contribution in [1.82, 2.24) is 9.21 Å². The van der Waals surface area contributed by atoms with Gasteiger partial charge in [0.25, 0.3) is 10.0 Å². The third-order valence-electron chi connectivity index (χ3n) is 4.96. The van der Waals surface area contributed by atoms with Gasteiger partial charge in [-0.25, -0.2) is 17.5 Å². The second kappa shape index (κ2) is 9.19. The van der Waals surface area contributed by atoms with Gasteiger partial charge in [0.2, 0.25) is 5.91 Å². The third kappa shape index (κ3) is 5.39. The van der Waals surface area contributed by atoms with Gasteiger partial charge in [0.05, 0.1) is 10.5 Å². The first-order chi connectivity index (χ1) is 15.0. The summed E-state index contributed by atoms with van der Waals surface area (Å²) in [6, 6.07) is 8.90. The highest BCUT2D eigenvalue weighted by Crippen LogP contribution is 2.30. The summed E-state index contributed by atoms with van der Waals surface area (Å²) in [5.74, 6) is -0.937. The normalized spacial score (nSPS) is 14.3. The highest BCUT2D eigenvalue weighted by Gasteiger charge is 2.35. The lowest BCUT2D eigenvalue weighted by atomic mass is 10.2. The molecule has 0 saturated carbocycles. The Balaban J connectivity index is 1.86. The van der Waals surface area contributed by atoms with Crippen molar-refractivity contribution >= 4 is 27.6 Å². The van der Waals surface area contributed by atoms with Gasteiger partial charge in [-0.3, -0.25) is 4.79 Å². The molecule has 1 fully saturated rings. The molecule has 32 heavy (non-hydrogen) atoms. The fourth-order valence-electron chi connectivity index (χ4n) is 3.26. The average molecular weight is 469 g/mol. The molecule has 3 amide bonds. The minimum absolute atomic E-state index is 0.161. The predicted molar refractivity (Wildman–Crippen MR) is 111 cm³/mol. The molecule has 1 saturated heterocycles. The van der Waals surface area contributed by atoms with E-state index < -0.39 is 40.2 Å². The van der Waals surface area contributed by atoms with E-state index in [9.17, 15) is 31.2 Å². The van der Waals surface area contributed by atoms with Gasteiger partial charge in [-0.2, -0.15) is 13.2 Å². The number of benzene rings is 2. The number of likely N-dealkylation sites (tertiary alicyclic amines) is 1. The molecule has 11 heteroatoms. The number of anilines is 1. The van der Waals surface area contributed by atoms with Gasteiger partial charge >= 0.3 is 12.2 Å². The monoisotopic (exact) mass is 469 g/mol. The molecule has 0 spiro atoms. The van der Waals surface area contributed by atoms with Crippen LogP contribution in [0.5, 0.6) is 0 Å². The van der Waals surface area contributed by atoms with Gasteiger partial charge in [0.15, 0.2) is 0 Å². The van der Waals surface area contributed by atoms with Crippen molar-refractivity contribution < 1.29 is 31.2 Å². The van der Waals surface area contributed by atoms with Gasteiger partial charge < -0.3 is 10.2 Å². The maximum atomic E-state index is 13.2. The number of rotatable bonds is 5. The van der Waals surface area contributed by atoms with E-state index in [1.165, 1.54) is 23.1 Å². The Morgan fingerprint density at radius 3 is 2.28 bits per heavy atom. The smallest absolute Gasteiger partial charge is 0.324 e. The highest BCUT2D eigenvalue weighted by atomic mass is 32.2. The molecule has 3 rings (SSSR count). The molecule has 0 aromatic heterocycles. The van der Waals surface area contributed by atoms with E-state index >= 15 is 0 Å². The van der Waals surface area contributed by atoms with Crippen molar-refractivity contribution in [3.8, 4) is 0 Å². The van der Waals surface area contributed by atoms with Crippen molar-refractivity contribution in [3.05, 3.63) is 59.7 Å². The quantitative estimate of drug-likeness (QED) is 0.721. The number of halogens is 3. The standard InChI is InChI=1S/C21H22F3N3O4S/c1-15-7-9-18(10-8-15)32(30,31)27(20(29)26-11-2-3-12-26)14-19(28)25-17-6-4-5-16(13-17)21(22,23)24/h4-10,13H,2-3,11-12,14H2,1H3,(H,25,28). The SMILES string of the molecule is Cc1ccc(S(=O)(=O)N(CC(=O)Nc2cccc(C(F)(F)F)c2)C(=O)N2CCCC2)cc1. The second-order valence-corrected chi connectivity index (χ2v) is 9.29. The summed E-state index contributed by atoms with van der Waals surface area (Å²) in [5.41, 5.74) is -0.317. The average Bonchev–Trinajstić information content (AvgIpc) is 3.26.